The van der Waals surface area contributed by atoms with Gasteiger partial charge in [-0.3, -0.25) is 9.97 Å². The summed E-state index contributed by atoms with van der Waals surface area (Å²) >= 11 is 0. The smallest absolute Gasteiger partial charge is 0.376 e. The Bertz CT molecular complexity index is 1500. The number of hydrogen-bond acceptors (Lipinski definition) is 4. The summed E-state index contributed by atoms with van der Waals surface area (Å²) in [6, 6.07) is 46.2. The molecule has 4 aromatic carbocycles. The molecule has 254 valence electrons. The van der Waals surface area contributed by atoms with Gasteiger partial charge in [0.05, 0.1) is 0 Å². The van der Waals surface area contributed by atoms with E-state index in [1.54, 1.807) is 24.8 Å². The Kier molecular flexibility index (Phi) is 11.9. The van der Waals surface area contributed by atoms with Gasteiger partial charge in [0.25, 0.3) is 0 Å². The number of pyridine rings is 2. The first kappa shape index (κ1) is 38.3. The van der Waals surface area contributed by atoms with Crippen molar-refractivity contribution in [2.75, 3.05) is 0 Å². The van der Waals surface area contributed by atoms with Crippen LogP contribution in [0.2, 0.25) is 0 Å². The maximum atomic E-state index is 11.4. The van der Waals surface area contributed by atoms with E-state index in [9.17, 15) is 35.4 Å². The van der Waals surface area contributed by atoms with Crippen LogP contribution in [0.1, 0.15) is 33.4 Å². The Hall–Kier alpha value is -4.15. The van der Waals surface area contributed by atoms with E-state index in [2.05, 4.69) is 9.97 Å². The predicted molar refractivity (Wildman–Crippen MR) is 172 cm³/mol. The van der Waals surface area contributed by atoms with E-state index in [1.807, 2.05) is 146 Å². The van der Waals surface area contributed by atoms with Crippen molar-refractivity contribution in [3.63, 3.8) is 0 Å². The molecule has 12 heteroatoms. The summed E-state index contributed by atoms with van der Waals surface area (Å²) in [5.74, 6) is 0. The van der Waals surface area contributed by atoms with Crippen molar-refractivity contribution in [1.29, 1.82) is 0 Å². The van der Waals surface area contributed by atoms with Crippen molar-refractivity contribution in [3.8, 4) is 0 Å². The number of rotatable bonds is 6. The van der Waals surface area contributed by atoms with E-state index in [1.165, 1.54) is 0 Å². The zero-order chi connectivity index (χ0) is 34.1. The fourth-order valence-electron chi connectivity index (χ4n) is 4.90. The van der Waals surface area contributed by atoms with E-state index in [-0.39, 0.29) is 22.4 Å². The van der Waals surface area contributed by atoms with Gasteiger partial charge in [-0.2, -0.15) is 0 Å². The molecule has 0 amide bonds. The van der Waals surface area contributed by atoms with E-state index in [0.29, 0.717) is 0 Å². The second-order valence-corrected chi connectivity index (χ2v) is 12.2. The maximum Gasteiger partial charge on any atom is 1.00 e. The number of aliphatic hydroxyl groups is 2. The van der Waals surface area contributed by atoms with Gasteiger partial charge in [0.2, 0.25) is 0 Å². The van der Waals surface area contributed by atoms with E-state index in [0.717, 1.165) is 33.4 Å². The minimum Gasteiger partial charge on any atom is -0.376 e. The van der Waals surface area contributed by atoms with E-state index >= 15 is 0 Å². The molecule has 48 heavy (non-hydrogen) atoms. The van der Waals surface area contributed by atoms with Crippen molar-refractivity contribution >= 4 is 7.81 Å². The monoisotopic (exact) mass is 774 g/mol. The van der Waals surface area contributed by atoms with Crippen molar-refractivity contribution < 1.29 is 57.8 Å². The molecule has 0 saturated heterocycles. The summed E-state index contributed by atoms with van der Waals surface area (Å²) in [5.41, 5.74) is 2.68. The molecule has 0 radical (unpaired) electrons. The van der Waals surface area contributed by atoms with Crippen LogP contribution in [0.4, 0.5) is 25.2 Å². The zero-order valence-corrected chi connectivity index (χ0v) is 27.3. The molecular formula is C36H30AgF6N2O2P. The molecule has 0 saturated carbocycles. The molecule has 0 atom stereocenters. The van der Waals surface area contributed by atoms with Crippen LogP contribution in [0.15, 0.2) is 170 Å². The van der Waals surface area contributed by atoms with Crippen LogP contribution in [0.5, 0.6) is 0 Å². The average Bonchev–Trinajstić information content (AvgIpc) is 3.09. The second kappa shape index (κ2) is 15.0. The van der Waals surface area contributed by atoms with Gasteiger partial charge in [-0.25, -0.2) is 0 Å². The summed E-state index contributed by atoms with van der Waals surface area (Å²) in [6.45, 7) is 0. The molecule has 4 nitrogen and oxygen atoms in total. The topological polar surface area (TPSA) is 66.2 Å². The van der Waals surface area contributed by atoms with Crippen LogP contribution in [-0.2, 0) is 33.6 Å². The van der Waals surface area contributed by atoms with Gasteiger partial charge >= 0.3 is 55.4 Å². The first-order valence-corrected chi connectivity index (χ1v) is 16.2. The normalized spacial score (nSPS) is 12.8. The van der Waals surface area contributed by atoms with Crippen LogP contribution >= 0.6 is 7.81 Å². The fourth-order valence-corrected chi connectivity index (χ4v) is 4.90. The van der Waals surface area contributed by atoms with Crippen LogP contribution in [0.3, 0.4) is 0 Å². The summed E-state index contributed by atoms with van der Waals surface area (Å²) < 4.78 is 59.2. The van der Waals surface area contributed by atoms with Crippen molar-refractivity contribution in [3.05, 3.63) is 204 Å². The van der Waals surface area contributed by atoms with Gasteiger partial charge in [0, 0.05) is 24.8 Å². The molecule has 0 aliphatic carbocycles. The third kappa shape index (κ3) is 11.0. The molecule has 0 aliphatic rings. The Labute approximate surface area is 289 Å². The Balaban J connectivity index is 0.000000215. The quantitative estimate of drug-likeness (QED) is 0.101. The molecule has 0 unspecified atom stereocenters. The molecule has 2 N–H and O–H groups in total. The van der Waals surface area contributed by atoms with Gasteiger partial charge in [-0.1, -0.05) is 121 Å². The number of halogens is 6. The minimum absolute atomic E-state index is 0. The fraction of sp³-hybridized carbons (Fsp3) is 0.0556. The third-order valence-electron chi connectivity index (χ3n) is 6.96. The Morgan fingerprint density at radius 1 is 0.354 bits per heavy atom. The first-order chi connectivity index (χ1) is 22.1. The van der Waals surface area contributed by atoms with E-state index < -0.39 is 19.0 Å². The van der Waals surface area contributed by atoms with Gasteiger partial charge < -0.3 is 10.2 Å². The number of hydrogen-bond donors (Lipinski definition) is 2. The minimum atomic E-state index is -10.7. The molecule has 2 aromatic heterocycles. The van der Waals surface area contributed by atoms with Gasteiger partial charge in [-0.15, -0.1) is 0 Å². The van der Waals surface area contributed by atoms with E-state index in [4.69, 9.17) is 0 Å². The number of aromatic nitrogens is 2. The van der Waals surface area contributed by atoms with Crippen LogP contribution in [-0.4, -0.2) is 20.2 Å². The van der Waals surface area contributed by atoms with Crippen LogP contribution in [0, 0.1) is 0 Å². The molecule has 2 heterocycles. The summed E-state index contributed by atoms with van der Waals surface area (Å²) in [5, 5.41) is 22.8. The van der Waals surface area contributed by atoms with Crippen LogP contribution < -0.4 is 0 Å². The zero-order valence-electron chi connectivity index (χ0n) is 25.0. The second-order valence-electron chi connectivity index (χ2n) is 10.3. The Morgan fingerprint density at radius 3 is 0.708 bits per heavy atom. The van der Waals surface area contributed by atoms with Crippen LogP contribution in [0.25, 0.3) is 0 Å². The molecule has 0 spiro atoms. The predicted octanol–water partition coefficient (Wildman–Crippen LogP) is 10.1. The number of benzene rings is 4. The third-order valence-corrected chi connectivity index (χ3v) is 6.96. The summed E-state index contributed by atoms with van der Waals surface area (Å²) in [6.07, 6.45) is 6.80. The standard InChI is InChI=1S/2C18H15NO.Ag.F6P/c2*20-18(15-7-3-1-4-8-15,16-9-5-2-6-10-16)17-11-13-19-14-12-17;;1-7(2,3,4,5)6/h2*1-14,20H;;/q;;+1;-1. The van der Waals surface area contributed by atoms with Gasteiger partial charge in [-0.05, 0) is 57.6 Å². The number of nitrogens with zero attached hydrogens (tertiary/aromatic N) is 2. The first-order valence-electron chi connectivity index (χ1n) is 14.1. The van der Waals surface area contributed by atoms with Crippen molar-refractivity contribution in [2.24, 2.45) is 0 Å². The van der Waals surface area contributed by atoms with Crippen molar-refractivity contribution in [2.45, 2.75) is 11.2 Å². The Morgan fingerprint density at radius 2 is 0.521 bits per heavy atom. The molecular weight excluding hydrogens is 745 g/mol. The SMILES string of the molecule is F[P-](F)(F)(F)(F)F.OC(c1ccccc1)(c1ccccc1)c1ccncc1.OC(c1ccccc1)(c1ccccc1)c1ccncc1.[Ag+]. The molecule has 0 fully saturated rings. The molecule has 6 aromatic rings. The average molecular weight is 775 g/mol. The van der Waals surface area contributed by atoms with Crippen molar-refractivity contribution in [1.82, 2.24) is 9.97 Å². The summed E-state index contributed by atoms with van der Waals surface area (Å²) in [4.78, 5) is 8.07. The largest absolute Gasteiger partial charge is 1.00 e. The molecule has 6 rings (SSSR count). The molecule has 0 bridgehead atoms. The van der Waals surface area contributed by atoms with Gasteiger partial charge in [0.1, 0.15) is 11.2 Å². The van der Waals surface area contributed by atoms with Gasteiger partial charge in [0.15, 0.2) is 0 Å². The maximum absolute atomic E-state index is 11.4. The summed E-state index contributed by atoms with van der Waals surface area (Å²) in [7, 11) is -10.7. The molecule has 0 aliphatic heterocycles.